The monoisotopic (exact) mass is 310 g/mol. The maximum atomic E-state index is 12.1. The van der Waals surface area contributed by atoms with Crippen LogP contribution in [0.1, 0.15) is 29.6 Å². The van der Waals surface area contributed by atoms with Crippen LogP contribution in [0.5, 0.6) is 0 Å². The molecule has 0 bridgehead atoms. The first-order chi connectivity index (χ1) is 10.1. The molecule has 0 saturated carbocycles. The highest BCUT2D eigenvalue weighted by Gasteiger charge is 2.14. The predicted molar refractivity (Wildman–Crippen MR) is 82.2 cm³/mol. The summed E-state index contributed by atoms with van der Waals surface area (Å²) >= 11 is 0. The average Bonchev–Trinajstić information content (AvgIpc) is 2.53. The lowest BCUT2D eigenvalue weighted by atomic mass is 10.1. The number of aldehydes is 1. The van der Waals surface area contributed by atoms with Gasteiger partial charge in [-0.2, -0.15) is 0 Å². The Balaban J connectivity index is 1.78. The van der Waals surface area contributed by atoms with Gasteiger partial charge in [0.2, 0.25) is 0 Å². The van der Waals surface area contributed by atoms with Gasteiger partial charge in [-0.05, 0) is 38.1 Å². The molecule has 0 unspecified atom stereocenters. The van der Waals surface area contributed by atoms with Crippen molar-refractivity contribution in [3.05, 3.63) is 29.8 Å². The summed E-state index contributed by atoms with van der Waals surface area (Å²) in [5.41, 5.74) is 0.479. The number of hydrogen-bond donors (Lipinski definition) is 1. The predicted octanol–water partition coefficient (Wildman–Crippen LogP) is 1.31. The van der Waals surface area contributed by atoms with Crippen molar-refractivity contribution in [1.29, 1.82) is 0 Å². The molecule has 0 aliphatic carbocycles. The number of nitrogens with zero attached hydrogens (tertiary/aromatic N) is 1. The lowest BCUT2D eigenvalue weighted by Crippen LogP contribution is -2.37. The molecule has 0 spiro atoms. The molecule has 116 valence electrons. The van der Waals surface area contributed by atoms with Gasteiger partial charge in [-0.15, -0.1) is 0 Å². The fourth-order valence-corrected chi connectivity index (χ4v) is 3.59. The van der Waals surface area contributed by atoms with E-state index in [2.05, 4.69) is 10.2 Å². The Morgan fingerprint density at radius 3 is 2.38 bits per heavy atom. The average molecular weight is 310 g/mol. The van der Waals surface area contributed by atoms with E-state index in [4.69, 9.17) is 0 Å². The van der Waals surface area contributed by atoms with E-state index in [0.29, 0.717) is 18.4 Å². The summed E-state index contributed by atoms with van der Waals surface area (Å²) in [4.78, 5) is 13.2. The molecule has 1 aromatic rings. The minimum absolute atomic E-state index is 0.0682. The molecular weight excluding hydrogens is 288 g/mol. The first-order valence-electron chi connectivity index (χ1n) is 7.33. The zero-order chi connectivity index (χ0) is 15.1. The van der Waals surface area contributed by atoms with E-state index in [-0.39, 0.29) is 10.8 Å². The SMILES string of the molecule is O=Cc1ccc(S(=O)(=O)CNCCN2CCCCC2)cc1. The summed E-state index contributed by atoms with van der Waals surface area (Å²) < 4.78 is 24.2. The van der Waals surface area contributed by atoms with Crippen LogP contribution in [0.25, 0.3) is 0 Å². The molecule has 0 amide bonds. The second-order valence-corrected chi connectivity index (χ2v) is 7.34. The zero-order valence-corrected chi connectivity index (χ0v) is 12.9. The Bertz CT molecular complexity index is 549. The molecule has 1 saturated heterocycles. The number of nitrogens with one attached hydrogen (secondary N) is 1. The van der Waals surface area contributed by atoms with Crippen molar-refractivity contribution in [3.63, 3.8) is 0 Å². The Morgan fingerprint density at radius 1 is 1.10 bits per heavy atom. The summed E-state index contributed by atoms with van der Waals surface area (Å²) in [5, 5.41) is 3.00. The molecule has 1 aliphatic rings. The maximum Gasteiger partial charge on any atom is 0.191 e. The molecule has 21 heavy (non-hydrogen) atoms. The number of piperidine rings is 1. The normalized spacial score (nSPS) is 16.8. The highest BCUT2D eigenvalue weighted by atomic mass is 32.2. The molecular formula is C15H22N2O3S. The lowest BCUT2D eigenvalue weighted by Gasteiger charge is -2.26. The Kier molecular flexibility index (Phi) is 5.90. The third-order valence-electron chi connectivity index (χ3n) is 3.72. The van der Waals surface area contributed by atoms with Crippen molar-refractivity contribution in [1.82, 2.24) is 10.2 Å². The van der Waals surface area contributed by atoms with Gasteiger partial charge in [0, 0.05) is 18.7 Å². The highest BCUT2D eigenvalue weighted by Crippen LogP contribution is 2.11. The van der Waals surface area contributed by atoms with Gasteiger partial charge in [0.25, 0.3) is 0 Å². The molecule has 0 aromatic heterocycles. The minimum Gasteiger partial charge on any atom is -0.302 e. The summed E-state index contributed by atoms with van der Waals surface area (Å²) in [6.07, 6.45) is 4.48. The van der Waals surface area contributed by atoms with E-state index in [1.54, 1.807) is 0 Å². The third-order valence-corrected chi connectivity index (χ3v) is 5.30. The molecule has 2 rings (SSSR count). The number of rotatable bonds is 7. The number of carbonyl (C=O) groups excluding carboxylic acids is 1. The van der Waals surface area contributed by atoms with E-state index in [0.717, 1.165) is 19.6 Å². The number of hydrogen-bond acceptors (Lipinski definition) is 5. The number of carbonyl (C=O) groups is 1. The van der Waals surface area contributed by atoms with Gasteiger partial charge in [0.05, 0.1) is 4.90 Å². The Morgan fingerprint density at radius 2 is 1.76 bits per heavy atom. The van der Waals surface area contributed by atoms with Crippen LogP contribution in [0.3, 0.4) is 0 Å². The van der Waals surface area contributed by atoms with Crippen LogP contribution in [0.2, 0.25) is 0 Å². The van der Waals surface area contributed by atoms with E-state index in [9.17, 15) is 13.2 Å². The smallest absolute Gasteiger partial charge is 0.191 e. The Labute approximate surface area is 126 Å². The maximum absolute atomic E-state index is 12.1. The molecule has 6 heteroatoms. The van der Waals surface area contributed by atoms with Crippen LogP contribution in [0.15, 0.2) is 29.2 Å². The van der Waals surface area contributed by atoms with Crippen molar-refractivity contribution in [2.45, 2.75) is 24.2 Å². The van der Waals surface area contributed by atoms with Gasteiger partial charge < -0.3 is 10.2 Å². The molecule has 5 nitrogen and oxygen atoms in total. The molecule has 0 radical (unpaired) electrons. The largest absolute Gasteiger partial charge is 0.302 e. The van der Waals surface area contributed by atoms with Gasteiger partial charge in [-0.3, -0.25) is 4.79 Å². The second-order valence-electron chi connectivity index (χ2n) is 5.35. The molecule has 0 atom stereocenters. The van der Waals surface area contributed by atoms with Crippen LogP contribution in [-0.2, 0) is 9.84 Å². The molecule has 1 heterocycles. The van der Waals surface area contributed by atoms with Crippen molar-refractivity contribution in [2.75, 3.05) is 32.1 Å². The van der Waals surface area contributed by atoms with E-state index >= 15 is 0 Å². The van der Waals surface area contributed by atoms with Crippen LogP contribution < -0.4 is 5.32 Å². The van der Waals surface area contributed by atoms with Crippen molar-refractivity contribution < 1.29 is 13.2 Å². The standard InChI is InChI=1S/C15H22N2O3S/c18-12-14-4-6-15(7-5-14)21(19,20)13-16-8-11-17-9-2-1-3-10-17/h4-7,12,16H,1-3,8-11,13H2. The van der Waals surface area contributed by atoms with Crippen molar-refractivity contribution in [2.24, 2.45) is 0 Å². The van der Waals surface area contributed by atoms with Crippen molar-refractivity contribution >= 4 is 16.1 Å². The van der Waals surface area contributed by atoms with Crippen LogP contribution in [-0.4, -0.2) is 51.7 Å². The quantitative estimate of drug-likeness (QED) is 0.607. The summed E-state index contributed by atoms with van der Waals surface area (Å²) in [5.74, 6) is -0.0682. The van der Waals surface area contributed by atoms with Crippen LogP contribution >= 0.6 is 0 Å². The topological polar surface area (TPSA) is 66.5 Å². The fourth-order valence-electron chi connectivity index (χ4n) is 2.46. The number of sulfone groups is 1. The first kappa shape index (κ1) is 16.1. The van der Waals surface area contributed by atoms with E-state index < -0.39 is 9.84 Å². The molecule has 1 fully saturated rings. The number of likely N-dealkylation sites (tertiary alicyclic amines) is 1. The zero-order valence-electron chi connectivity index (χ0n) is 12.1. The van der Waals surface area contributed by atoms with Gasteiger partial charge in [-0.1, -0.05) is 18.6 Å². The summed E-state index contributed by atoms with van der Waals surface area (Å²) in [6, 6.07) is 6.00. The first-order valence-corrected chi connectivity index (χ1v) is 8.98. The molecule has 1 aliphatic heterocycles. The fraction of sp³-hybridized carbons (Fsp3) is 0.533. The Hall–Kier alpha value is -1.24. The summed E-state index contributed by atoms with van der Waals surface area (Å²) in [6.45, 7) is 3.79. The molecule has 1 aromatic carbocycles. The van der Waals surface area contributed by atoms with Crippen LogP contribution in [0, 0.1) is 0 Å². The van der Waals surface area contributed by atoms with Gasteiger partial charge >= 0.3 is 0 Å². The minimum atomic E-state index is -3.33. The lowest BCUT2D eigenvalue weighted by molar-refractivity contribution is 0.112. The van der Waals surface area contributed by atoms with Gasteiger partial charge in [0.15, 0.2) is 9.84 Å². The van der Waals surface area contributed by atoms with Crippen molar-refractivity contribution in [3.8, 4) is 0 Å². The second kappa shape index (κ2) is 7.68. The van der Waals surface area contributed by atoms with Gasteiger partial charge in [-0.25, -0.2) is 8.42 Å². The van der Waals surface area contributed by atoms with Gasteiger partial charge in [0.1, 0.15) is 12.2 Å². The number of benzene rings is 1. The molecule has 1 N–H and O–H groups in total. The summed E-state index contributed by atoms with van der Waals surface area (Å²) in [7, 11) is -3.33. The van der Waals surface area contributed by atoms with E-state index in [1.165, 1.54) is 43.5 Å². The third kappa shape index (κ3) is 4.91. The van der Waals surface area contributed by atoms with Crippen LogP contribution in [0.4, 0.5) is 0 Å². The highest BCUT2D eigenvalue weighted by molar-refractivity contribution is 7.91. The van der Waals surface area contributed by atoms with E-state index in [1.807, 2.05) is 0 Å².